The first kappa shape index (κ1) is 21.8. The second kappa shape index (κ2) is 7.51. The molecule has 10 heteroatoms. The number of hydrogen-bond donors (Lipinski definition) is 2. The zero-order valence-electron chi connectivity index (χ0n) is 17.3. The topological polar surface area (TPSA) is 69.2 Å². The maximum Gasteiger partial charge on any atom is 0.249 e. The predicted octanol–water partition coefficient (Wildman–Crippen LogP) is 4.50. The summed E-state index contributed by atoms with van der Waals surface area (Å²) in [5.41, 5.74) is -1.82. The van der Waals surface area contributed by atoms with Gasteiger partial charge in [-0.15, -0.1) is 0 Å². The van der Waals surface area contributed by atoms with Gasteiger partial charge < -0.3 is 15.0 Å². The number of piperidine rings is 1. The molecular formula is C23H20F5N3O2. The van der Waals surface area contributed by atoms with Gasteiger partial charge in [0, 0.05) is 44.2 Å². The molecule has 1 aliphatic heterocycles. The van der Waals surface area contributed by atoms with Crippen LogP contribution >= 0.6 is 0 Å². The van der Waals surface area contributed by atoms with Gasteiger partial charge in [-0.05, 0) is 42.2 Å². The fourth-order valence-electron chi connectivity index (χ4n) is 4.87. The molecule has 1 saturated carbocycles. The average Bonchev–Trinajstić information content (AvgIpc) is 3.12. The summed E-state index contributed by atoms with van der Waals surface area (Å²) >= 11 is 0. The molecule has 5 nitrogen and oxygen atoms in total. The van der Waals surface area contributed by atoms with E-state index in [1.54, 1.807) is 0 Å². The van der Waals surface area contributed by atoms with Gasteiger partial charge in [0.1, 0.15) is 17.3 Å². The second-order valence-corrected chi connectivity index (χ2v) is 8.85. The van der Waals surface area contributed by atoms with Gasteiger partial charge in [-0.25, -0.2) is 26.9 Å². The highest BCUT2D eigenvalue weighted by atomic mass is 19.3. The summed E-state index contributed by atoms with van der Waals surface area (Å²) in [5.74, 6) is -6.61. The van der Waals surface area contributed by atoms with Crippen LogP contribution in [0.3, 0.4) is 0 Å². The van der Waals surface area contributed by atoms with Gasteiger partial charge in [-0.1, -0.05) is 0 Å². The van der Waals surface area contributed by atoms with E-state index in [-0.39, 0.29) is 48.1 Å². The molecule has 0 spiro atoms. The van der Waals surface area contributed by atoms with Gasteiger partial charge in [0.15, 0.2) is 5.82 Å². The van der Waals surface area contributed by atoms with E-state index < -0.39 is 59.2 Å². The number of aromatic nitrogens is 2. The molecule has 1 aliphatic carbocycles. The molecule has 174 valence electrons. The molecule has 1 aromatic carbocycles. The third kappa shape index (κ3) is 3.66. The quantitative estimate of drug-likeness (QED) is 0.560. The van der Waals surface area contributed by atoms with Gasteiger partial charge >= 0.3 is 0 Å². The highest BCUT2D eigenvalue weighted by molar-refractivity contribution is 5.93. The zero-order chi connectivity index (χ0) is 23.5. The lowest BCUT2D eigenvalue weighted by Gasteiger charge is -2.42. The lowest BCUT2D eigenvalue weighted by molar-refractivity contribution is -0.163. The van der Waals surface area contributed by atoms with E-state index in [2.05, 4.69) is 9.97 Å². The maximum atomic E-state index is 15.1. The first-order valence-electron chi connectivity index (χ1n) is 10.6. The third-order valence-electron chi connectivity index (χ3n) is 6.69. The van der Waals surface area contributed by atoms with E-state index >= 15 is 8.78 Å². The summed E-state index contributed by atoms with van der Waals surface area (Å²) in [6, 6.07) is 3.51. The summed E-state index contributed by atoms with van der Waals surface area (Å²) in [6.07, 6.45) is 1.21. The van der Waals surface area contributed by atoms with Crippen LogP contribution in [0.2, 0.25) is 0 Å². The van der Waals surface area contributed by atoms with E-state index in [1.165, 1.54) is 17.2 Å². The molecule has 2 aliphatic rings. The van der Waals surface area contributed by atoms with Crippen LogP contribution in [0.15, 0.2) is 30.6 Å². The van der Waals surface area contributed by atoms with Crippen LogP contribution in [0.25, 0.3) is 22.2 Å². The van der Waals surface area contributed by atoms with Crippen LogP contribution in [-0.2, 0) is 10.4 Å². The van der Waals surface area contributed by atoms with Gasteiger partial charge in [0.05, 0.1) is 16.6 Å². The number of benzene rings is 1. The maximum absolute atomic E-state index is 15.1. The van der Waals surface area contributed by atoms with Gasteiger partial charge in [0.2, 0.25) is 11.8 Å². The van der Waals surface area contributed by atoms with Crippen molar-refractivity contribution in [2.24, 2.45) is 5.92 Å². The average molecular weight is 465 g/mol. The number of H-pyrrole nitrogens is 1. The summed E-state index contributed by atoms with van der Waals surface area (Å²) in [7, 11) is 0. The van der Waals surface area contributed by atoms with Crippen molar-refractivity contribution >= 4 is 16.9 Å². The Labute approximate surface area is 185 Å². The first-order chi connectivity index (χ1) is 15.6. The normalized spacial score (nSPS) is 20.1. The van der Waals surface area contributed by atoms with E-state index in [9.17, 15) is 23.1 Å². The Morgan fingerprint density at radius 3 is 2.33 bits per heavy atom. The minimum absolute atomic E-state index is 0.00241. The van der Waals surface area contributed by atoms with E-state index in [4.69, 9.17) is 0 Å². The van der Waals surface area contributed by atoms with Crippen molar-refractivity contribution in [3.63, 3.8) is 0 Å². The predicted molar refractivity (Wildman–Crippen MR) is 109 cm³/mol. The Morgan fingerprint density at radius 2 is 1.73 bits per heavy atom. The Kier molecular flexibility index (Phi) is 4.97. The van der Waals surface area contributed by atoms with Gasteiger partial charge in [-0.3, -0.25) is 4.79 Å². The lowest BCUT2D eigenvalue weighted by Crippen LogP contribution is -2.51. The Morgan fingerprint density at radius 1 is 1.09 bits per heavy atom. The highest BCUT2D eigenvalue weighted by Crippen LogP contribution is 2.44. The standard InChI is InChI=1S/C23H20F5N3O2/c24-15-7-12(14-1-4-29-20-18(14)17(26)11-30-20)8-16(25)19(15)22(33)2-5-31(6-3-22)21(32)13-9-23(27,28)10-13/h1,4,7-8,11,13,33H,2-3,5-6,9-10H2,(H,29,30). The SMILES string of the molecule is O=C(C1CC(F)(F)C1)N1CCC(O)(c2c(F)cc(-c3ccnc4[nH]cc(F)c34)cc2F)CC1. The summed E-state index contributed by atoms with van der Waals surface area (Å²) in [4.78, 5) is 20.4. The number of alkyl halides is 2. The molecule has 2 fully saturated rings. The smallest absolute Gasteiger partial charge is 0.249 e. The first-order valence-corrected chi connectivity index (χ1v) is 10.6. The van der Waals surface area contributed by atoms with Crippen LogP contribution in [-0.4, -0.2) is 44.9 Å². The number of halogens is 5. The highest BCUT2D eigenvalue weighted by Gasteiger charge is 2.50. The fraction of sp³-hybridized carbons (Fsp3) is 0.391. The summed E-state index contributed by atoms with van der Waals surface area (Å²) < 4.78 is 70.5. The molecule has 33 heavy (non-hydrogen) atoms. The molecule has 0 bridgehead atoms. The number of amides is 1. The van der Waals surface area contributed by atoms with Crippen molar-refractivity contribution < 1.29 is 31.9 Å². The monoisotopic (exact) mass is 465 g/mol. The van der Waals surface area contributed by atoms with Crippen LogP contribution < -0.4 is 0 Å². The number of aliphatic hydroxyl groups is 1. The molecule has 3 aromatic rings. The molecule has 0 radical (unpaired) electrons. The Bertz CT molecular complexity index is 1220. The molecule has 1 saturated heterocycles. The van der Waals surface area contributed by atoms with Crippen LogP contribution in [0, 0.1) is 23.4 Å². The van der Waals surface area contributed by atoms with Crippen LogP contribution in [0.5, 0.6) is 0 Å². The number of nitrogens with zero attached hydrogens (tertiary/aromatic N) is 2. The number of pyridine rings is 1. The number of fused-ring (bicyclic) bond motifs is 1. The summed E-state index contributed by atoms with van der Waals surface area (Å²) in [5, 5.41) is 11.1. The number of aromatic amines is 1. The number of hydrogen-bond acceptors (Lipinski definition) is 3. The number of carbonyl (C=O) groups excluding carboxylic acids is 1. The number of likely N-dealkylation sites (tertiary alicyclic amines) is 1. The van der Waals surface area contributed by atoms with Crippen LogP contribution in [0.1, 0.15) is 31.2 Å². The van der Waals surface area contributed by atoms with Gasteiger partial charge in [0.25, 0.3) is 0 Å². The van der Waals surface area contributed by atoms with Crippen molar-refractivity contribution in [3.8, 4) is 11.1 Å². The Balaban J connectivity index is 1.39. The summed E-state index contributed by atoms with van der Waals surface area (Å²) in [6.45, 7) is -0.00481. The lowest BCUT2D eigenvalue weighted by atomic mass is 9.78. The van der Waals surface area contributed by atoms with Crippen molar-refractivity contribution in [3.05, 3.63) is 53.6 Å². The van der Waals surface area contributed by atoms with E-state index in [0.29, 0.717) is 0 Å². The zero-order valence-corrected chi connectivity index (χ0v) is 17.3. The van der Waals surface area contributed by atoms with Crippen LogP contribution in [0.4, 0.5) is 22.0 Å². The van der Waals surface area contributed by atoms with E-state index in [0.717, 1.165) is 18.3 Å². The second-order valence-electron chi connectivity index (χ2n) is 8.85. The fourth-order valence-corrected chi connectivity index (χ4v) is 4.87. The third-order valence-corrected chi connectivity index (χ3v) is 6.69. The number of nitrogens with one attached hydrogen (secondary N) is 1. The molecule has 0 unspecified atom stereocenters. The molecule has 0 atom stereocenters. The van der Waals surface area contributed by atoms with Crippen molar-refractivity contribution in [2.75, 3.05) is 13.1 Å². The Hall–Kier alpha value is -3.01. The molecule has 2 N–H and O–H groups in total. The van der Waals surface area contributed by atoms with Crippen molar-refractivity contribution in [2.45, 2.75) is 37.2 Å². The molecular weight excluding hydrogens is 445 g/mol. The largest absolute Gasteiger partial charge is 0.385 e. The minimum atomic E-state index is -2.82. The minimum Gasteiger partial charge on any atom is -0.385 e. The number of rotatable bonds is 3. The number of carbonyl (C=O) groups is 1. The molecule has 5 rings (SSSR count). The van der Waals surface area contributed by atoms with E-state index in [1.807, 2.05) is 0 Å². The van der Waals surface area contributed by atoms with Gasteiger partial charge in [-0.2, -0.15) is 0 Å². The van der Waals surface area contributed by atoms with Crippen molar-refractivity contribution in [1.29, 1.82) is 0 Å². The molecule has 2 aromatic heterocycles. The molecule has 1 amide bonds. The molecule has 3 heterocycles. The van der Waals surface area contributed by atoms with Crippen molar-refractivity contribution in [1.82, 2.24) is 14.9 Å².